The monoisotopic (exact) mass is 214 g/mol. The molecule has 15 heavy (non-hydrogen) atoms. The molecule has 4 nitrogen and oxygen atoms in total. The lowest BCUT2D eigenvalue weighted by Gasteiger charge is -2.27. The molecule has 2 unspecified atom stereocenters. The molecular formula is C11H22N2O2. The van der Waals surface area contributed by atoms with Gasteiger partial charge in [0.2, 0.25) is 0 Å². The van der Waals surface area contributed by atoms with Crippen molar-refractivity contribution >= 4 is 5.97 Å². The highest BCUT2D eigenvalue weighted by Crippen LogP contribution is 2.32. The Morgan fingerprint density at radius 2 is 2.33 bits per heavy atom. The van der Waals surface area contributed by atoms with Crippen LogP contribution in [-0.4, -0.2) is 48.2 Å². The molecule has 0 heterocycles. The van der Waals surface area contributed by atoms with Crippen LogP contribution in [0.15, 0.2) is 0 Å². The van der Waals surface area contributed by atoms with Crippen LogP contribution in [0.2, 0.25) is 0 Å². The van der Waals surface area contributed by atoms with Gasteiger partial charge in [0.05, 0.1) is 0 Å². The van der Waals surface area contributed by atoms with E-state index in [2.05, 4.69) is 24.2 Å². The third kappa shape index (κ3) is 2.49. The highest BCUT2D eigenvalue weighted by Gasteiger charge is 2.45. The van der Waals surface area contributed by atoms with Crippen molar-refractivity contribution in [3.8, 4) is 0 Å². The Balaban J connectivity index is 2.60. The van der Waals surface area contributed by atoms with E-state index in [0.29, 0.717) is 6.04 Å². The number of carboxylic acids is 1. The number of hydrogen-bond donors (Lipinski definition) is 2. The first-order chi connectivity index (χ1) is 7.05. The number of carbonyl (C=O) groups is 1. The fourth-order valence-corrected chi connectivity index (χ4v) is 2.46. The van der Waals surface area contributed by atoms with Gasteiger partial charge in [0.15, 0.2) is 0 Å². The van der Waals surface area contributed by atoms with Gasteiger partial charge in [0, 0.05) is 6.04 Å². The van der Waals surface area contributed by atoms with Gasteiger partial charge in [0.1, 0.15) is 5.54 Å². The van der Waals surface area contributed by atoms with Crippen molar-refractivity contribution in [3.63, 3.8) is 0 Å². The standard InChI is InChI=1S/C11H22N2O2/c1-4-7-13(3)9-5-6-11(8-9,12-2)10(14)15/h9,12H,4-8H2,1-3H3,(H,14,15). The van der Waals surface area contributed by atoms with E-state index < -0.39 is 11.5 Å². The molecule has 0 amide bonds. The van der Waals surface area contributed by atoms with Gasteiger partial charge < -0.3 is 15.3 Å². The average molecular weight is 214 g/mol. The average Bonchev–Trinajstić information content (AvgIpc) is 2.63. The van der Waals surface area contributed by atoms with E-state index in [-0.39, 0.29) is 0 Å². The summed E-state index contributed by atoms with van der Waals surface area (Å²) in [6.45, 7) is 3.19. The highest BCUT2D eigenvalue weighted by molar-refractivity contribution is 5.79. The maximum Gasteiger partial charge on any atom is 0.323 e. The van der Waals surface area contributed by atoms with Crippen molar-refractivity contribution in [1.29, 1.82) is 0 Å². The maximum absolute atomic E-state index is 11.2. The van der Waals surface area contributed by atoms with Crippen LogP contribution >= 0.6 is 0 Å². The third-order valence-corrected chi connectivity index (χ3v) is 3.58. The number of rotatable bonds is 5. The molecule has 1 aliphatic carbocycles. The molecule has 4 heteroatoms. The Morgan fingerprint density at radius 3 is 2.73 bits per heavy atom. The van der Waals surface area contributed by atoms with Crippen LogP contribution in [0.4, 0.5) is 0 Å². The molecule has 1 rings (SSSR count). The second-order valence-corrected chi connectivity index (χ2v) is 4.51. The fraction of sp³-hybridized carbons (Fsp3) is 0.909. The first kappa shape index (κ1) is 12.5. The first-order valence-corrected chi connectivity index (χ1v) is 5.68. The number of hydrogen-bond acceptors (Lipinski definition) is 3. The van der Waals surface area contributed by atoms with Crippen LogP contribution in [0.5, 0.6) is 0 Å². The molecule has 1 fully saturated rings. The van der Waals surface area contributed by atoms with E-state index >= 15 is 0 Å². The zero-order chi connectivity index (χ0) is 11.5. The van der Waals surface area contributed by atoms with E-state index in [1.54, 1.807) is 7.05 Å². The number of nitrogens with zero attached hydrogens (tertiary/aromatic N) is 1. The van der Waals surface area contributed by atoms with Gasteiger partial charge >= 0.3 is 5.97 Å². The van der Waals surface area contributed by atoms with Crippen molar-refractivity contribution in [2.45, 2.75) is 44.2 Å². The summed E-state index contributed by atoms with van der Waals surface area (Å²) < 4.78 is 0. The molecule has 1 aliphatic rings. The summed E-state index contributed by atoms with van der Waals surface area (Å²) in [4.78, 5) is 13.5. The molecule has 88 valence electrons. The lowest BCUT2D eigenvalue weighted by Crippen LogP contribution is -2.49. The summed E-state index contributed by atoms with van der Waals surface area (Å²) in [5, 5.41) is 12.2. The smallest absolute Gasteiger partial charge is 0.323 e. The van der Waals surface area contributed by atoms with Crippen molar-refractivity contribution in [2.75, 3.05) is 20.6 Å². The van der Waals surface area contributed by atoms with Crippen molar-refractivity contribution in [2.24, 2.45) is 0 Å². The second kappa shape index (κ2) is 4.94. The molecule has 0 aromatic heterocycles. The number of nitrogens with one attached hydrogen (secondary N) is 1. The van der Waals surface area contributed by atoms with Gasteiger partial charge in [0.25, 0.3) is 0 Å². The minimum Gasteiger partial charge on any atom is -0.480 e. The summed E-state index contributed by atoms with van der Waals surface area (Å²) in [5.41, 5.74) is -0.688. The minimum absolute atomic E-state index is 0.411. The summed E-state index contributed by atoms with van der Waals surface area (Å²) in [5.74, 6) is -0.711. The topological polar surface area (TPSA) is 52.6 Å². The second-order valence-electron chi connectivity index (χ2n) is 4.51. The minimum atomic E-state index is -0.711. The van der Waals surface area contributed by atoms with Crippen molar-refractivity contribution in [1.82, 2.24) is 10.2 Å². The van der Waals surface area contributed by atoms with Crippen molar-refractivity contribution in [3.05, 3.63) is 0 Å². The third-order valence-electron chi connectivity index (χ3n) is 3.58. The van der Waals surface area contributed by atoms with Crippen LogP contribution in [0.3, 0.4) is 0 Å². The molecule has 0 bridgehead atoms. The van der Waals surface area contributed by atoms with E-state index in [1.807, 2.05) is 0 Å². The molecule has 0 aromatic rings. The van der Waals surface area contributed by atoms with Gasteiger partial charge in [-0.15, -0.1) is 0 Å². The Labute approximate surface area is 91.6 Å². The number of likely N-dealkylation sites (N-methyl/N-ethyl adjacent to an activating group) is 1. The molecule has 0 aromatic carbocycles. The fourth-order valence-electron chi connectivity index (χ4n) is 2.46. The number of aliphatic carboxylic acids is 1. The molecule has 0 radical (unpaired) electrons. The maximum atomic E-state index is 11.2. The van der Waals surface area contributed by atoms with Crippen LogP contribution in [0.25, 0.3) is 0 Å². The summed E-state index contributed by atoms with van der Waals surface area (Å²) >= 11 is 0. The zero-order valence-corrected chi connectivity index (χ0v) is 9.92. The zero-order valence-electron chi connectivity index (χ0n) is 9.92. The molecule has 2 atom stereocenters. The van der Waals surface area contributed by atoms with Gasteiger partial charge in [-0.05, 0) is 46.3 Å². The quantitative estimate of drug-likeness (QED) is 0.714. The van der Waals surface area contributed by atoms with E-state index in [4.69, 9.17) is 0 Å². The van der Waals surface area contributed by atoms with Crippen LogP contribution in [0, 0.1) is 0 Å². The predicted molar refractivity (Wildman–Crippen MR) is 60.0 cm³/mol. The summed E-state index contributed by atoms with van der Waals surface area (Å²) in [6.07, 6.45) is 3.54. The lowest BCUT2D eigenvalue weighted by molar-refractivity contribution is -0.144. The molecule has 0 saturated heterocycles. The predicted octanol–water partition coefficient (Wildman–Crippen LogP) is 0.923. The molecule has 0 aliphatic heterocycles. The van der Waals surface area contributed by atoms with Gasteiger partial charge in [-0.3, -0.25) is 4.79 Å². The molecule has 0 spiro atoms. The van der Waals surface area contributed by atoms with Crippen LogP contribution in [0.1, 0.15) is 32.6 Å². The Kier molecular flexibility index (Phi) is 4.11. The largest absolute Gasteiger partial charge is 0.480 e. The van der Waals surface area contributed by atoms with Crippen LogP contribution in [-0.2, 0) is 4.79 Å². The summed E-state index contributed by atoms with van der Waals surface area (Å²) in [6, 6.07) is 0.411. The Morgan fingerprint density at radius 1 is 1.67 bits per heavy atom. The van der Waals surface area contributed by atoms with E-state index in [1.165, 1.54) is 0 Å². The molecular weight excluding hydrogens is 192 g/mol. The Hall–Kier alpha value is -0.610. The normalized spacial score (nSPS) is 31.1. The SMILES string of the molecule is CCCN(C)C1CCC(NC)(C(=O)O)C1. The van der Waals surface area contributed by atoms with Crippen molar-refractivity contribution < 1.29 is 9.90 Å². The van der Waals surface area contributed by atoms with E-state index in [0.717, 1.165) is 32.2 Å². The van der Waals surface area contributed by atoms with E-state index in [9.17, 15) is 9.90 Å². The summed E-state index contributed by atoms with van der Waals surface area (Å²) in [7, 11) is 3.83. The molecule has 2 N–H and O–H groups in total. The first-order valence-electron chi connectivity index (χ1n) is 5.68. The Bertz CT molecular complexity index is 233. The molecule has 1 saturated carbocycles. The van der Waals surface area contributed by atoms with Crippen LogP contribution < -0.4 is 5.32 Å². The highest BCUT2D eigenvalue weighted by atomic mass is 16.4. The van der Waals surface area contributed by atoms with Gasteiger partial charge in [-0.1, -0.05) is 6.92 Å². The van der Waals surface area contributed by atoms with Gasteiger partial charge in [-0.2, -0.15) is 0 Å². The number of carboxylic acid groups (broad SMARTS) is 1. The van der Waals surface area contributed by atoms with Gasteiger partial charge in [-0.25, -0.2) is 0 Å². The lowest BCUT2D eigenvalue weighted by atomic mass is 9.98.